The molecule has 1 aliphatic rings. The molecule has 19 heavy (non-hydrogen) atoms. The van der Waals surface area contributed by atoms with Crippen molar-refractivity contribution in [1.82, 2.24) is 0 Å². The SMILES string of the molecule is CC(=O)C1(OC(=O)c2ccccc2)CC=C(C)CC1. The summed E-state index contributed by atoms with van der Waals surface area (Å²) in [6.45, 7) is 3.52. The molecule has 1 aromatic carbocycles. The van der Waals surface area contributed by atoms with E-state index in [0.717, 1.165) is 6.42 Å². The maximum absolute atomic E-state index is 12.1. The summed E-state index contributed by atoms with van der Waals surface area (Å²) >= 11 is 0. The average molecular weight is 258 g/mol. The van der Waals surface area contributed by atoms with Gasteiger partial charge in [-0.3, -0.25) is 4.79 Å². The zero-order chi connectivity index (χ0) is 13.9. The third-order valence-electron chi connectivity index (χ3n) is 3.64. The fourth-order valence-electron chi connectivity index (χ4n) is 2.24. The fourth-order valence-corrected chi connectivity index (χ4v) is 2.24. The quantitative estimate of drug-likeness (QED) is 0.617. The van der Waals surface area contributed by atoms with E-state index in [-0.39, 0.29) is 5.78 Å². The molecule has 0 N–H and O–H groups in total. The number of ketones is 1. The molecule has 2 rings (SSSR count). The smallest absolute Gasteiger partial charge is 0.339 e. The fraction of sp³-hybridized carbons (Fsp3) is 0.375. The van der Waals surface area contributed by atoms with Gasteiger partial charge in [-0.1, -0.05) is 29.8 Å². The van der Waals surface area contributed by atoms with Gasteiger partial charge in [0, 0.05) is 6.42 Å². The van der Waals surface area contributed by atoms with E-state index in [1.807, 2.05) is 19.1 Å². The monoisotopic (exact) mass is 258 g/mol. The molecule has 1 aromatic rings. The number of benzene rings is 1. The highest BCUT2D eigenvalue weighted by molar-refractivity contribution is 5.94. The summed E-state index contributed by atoms with van der Waals surface area (Å²) < 4.78 is 5.54. The van der Waals surface area contributed by atoms with Crippen molar-refractivity contribution in [2.45, 2.75) is 38.7 Å². The van der Waals surface area contributed by atoms with Crippen molar-refractivity contribution in [1.29, 1.82) is 0 Å². The predicted molar refractivity (Wildman–Crippen MR) is 72.9 cm³/mol. The Hall–Kier alpha value is -1.90. The van der Waals surface area contributed by atoms with Crippen LogP contribution in [0, 0.1) is 0 Å². The standard InChI is InChI=1S/C16H18O3/c1-12-8-10-16(11-9-12,13(2)17)19-15(18)14-6-4-3-5-7-14/h3-8H,9-11H2,1-2H3. The summed E-state index contributed by atoms with van der Waals surface area (Å²) in [4.78, 5) is 24.0. The van der Waals surface area contributed by atoms with Crippen LogP contribution in [0.25, 0.3) is 0 Å². The molecular weight excluding hydrogens is 240 g/mol. The highest BCUT2D eigenvalue weighted by Gasteiger charge is 2.40. The first-order valence-corrected chi connectivity index (χ1v) is 6.48. The van der Waals surface area contributed by atoms with Crippen molar-refractivity contribution in [2.75, 3.05) is 0 Å². The molecule has 0 saturated heterocycles. The van der Waals surface area contributed by atoms with Crippen LogP contribution in [0.1, 0.15) is 43.5 Å². The summed E-state index contributed by atoms with van der Waals surface area (Å²) in [6.07, 6.45) is 3.83. The lowest BCUT2D eigenvalue weighted by Crippen LogP contribution is -2.43. The molecule has 0 spiro atoms. The first-order chi connectivity index (χ1) is 9.03. The normalized spacial score (nSPS) is 22.5. The third kappa shape index (κ3) is 2.92. The molecule has 0 fully saturated rings. The molecule has 3 nitrogen and oxygen atoms in total. The van der Waals surface area contributed by atoms with Crippen LogP contribution in [-0.4, -0.2) is 17.4 Å². The van der Waals surface area contributed by atoms with Crippen LogP contribution in [0.15, 0.2) is 42.0 Å². The predicted octanol–water partition coefficient (Wildman–Crippen LogP) is 3.30. The number of rotatable bonds is 3. The van der Waals surface area contributed by atoms with Gasteiger partial charge in [-0.15, -0.1) is 0 Å². The number of ether oxygens (including phenoxy) is 1. The highest BCUT2D eigenvalue weighted by Crippen LogP contribution is 2.32. The molecule has 0 amide bonds. The lowest BCUT2D eigenvalue weighted by atomic mass is 9.83. The van der Waals surface area contributed by atoms with Crippen molar-refractivity contribution in [3.8, 4) is 0 Å². The van der Waals surface area contributed by atoms with E-state index in [2.05, 4.69) is 0 Å². The van der Waals surface area contributed by atoms with Crippen LogP contribution in [0.4, 0.5) is 0 Å². The van der Waals surface area contributed by atoms with Crippen LogP contribution in [0.3, 0.4) is 0 Å². The summed E-state index contributed by atoms with van der Waals surface area (Å²) in [6, 6.07) is 8.79. The Morgan fingerprint density at radius 3 is 2.42 bits per heavy atom. The summed E-state index contributed by atoms with van der Waals surface area (Å²) in [7, 11) is 0. The number of carbonyl (C=O) groups excluding carboxylic acids is 2. The molecule has 1 unspecified atom stereocenters. The Bertz CT molecular complexity index is 516. The van der Waals surface area contributed by atoms with Crippen molar-refractivity contribution < 1.29 is 14.3 Å². The minimum atomic E-state index is -0.980. The molecule has 0 saturated carbocycles. The van der Waals surface area contributed by atoms with Crippen molar-refractivity contribution in [3.05, 3.63) is 47.5 Å². The first-order valence-electron chi connectivity index (χ1n) is 6.48. The first kappa shape index (κ1) is 13.5. The number of hydrogen-bond acceptors (Lipinski definition) is 3. The Morgan fingerprint density at radius 2 is 1.89 bits per heavy atom. The minimum absolute atomic E-state index is 0.0828. The maximum atomic E-state index is 12.1. The molecule has 100 valence electrons. The number of hydrogen-bond donors (Lipinski definition) is 0. The van der Waals surface area contributed by atoms with Crippen LogP contribution >= 0.6 is 0 Å². The van der Waals surface area contributed by atoms with Crippen LogP contribution in [0.2, 0.25) is 0 Å². The van der Waals surface area contributed by atoms with Gasteiger partial charge in [-0.2, -0.15) is 0 Å². The zero-order valence-corrected chi connectivity index (χ0v) is 11.3. The number of esters is 1. The summed E-state index contributed by atoms with van der Waals surface area (Å²) in [5.41, 5.74) is 0.744. The topological polar surface area (TPSA) is 43.4 Å². The Kier molecular flexibility index (Phi) is 3.84. The average Bonchev–Trinajstić information content (AvgIpc) is 2.42. The van der Waals surface area contributed by atoms with Gasteiger partial charge in [0.05, 0.1) is 5.56 Å². The largest absolute Gasteiger partial charge is 0.447 e. The van der Waals surface area contributed by atoms with E-state index in [4.69, 9.17) is 4.74 Å². The van der Waals surface area contributed by atoms with Crippen molar-refractivity contribution in [2.24, 2.45) is 0 Å². The van der Waals surface area contributed by atoms with E-state index in [0.29, 0.717) is 18.4 Å². The van der Waals surface area contributed by atoms with Crippen molar-refractivity contribution >= 4 is 11.8 Å². The van der Waals surface area contributed by atoms with E-state index < -0.39 is 11.6 Å². The lowest BCUT2D eigenvalue weighted by molar-refractivity contribution is -0.137. The molecule has 0 aliphatic heterocycles. The van der Waals surface area contributed by atoms with Gasteiger partial charge in [-0.25, -0.2) is 4.79 Å². The van der Waals surface area contributed by atoms with Gasteiger partial charge in [-0.05, 0) is 38.8 Å². The van der Waals surface area contributed by atoms with Crippen molar-refractivity contribution in [3.63, 3.8) is 0 Å². The molecule has 0 aromatic heterocycles. The van der Waals surface area contributed by atoms with E-state index in [1.54, 1.807) is 24.3 Å². The van der Waals surface area contributed by atoms with Gasteiger partial charge in [0.15, 0.2) is 11.4 Å². The molecule has 0 heterocycles. The molecule has 1 atom stereocenters. The molecule has 1 aliphatic carbocycles. The van der Waals surface area contributed by atoms with Gasteiger partial charge < -0.3 is 4.74 Å². The Balaban J connectivity index is 2.19. The maximum Gasteiger partial charge on any atom is 0.339 e. The Labute approximate surface area is 113 Å². The Morgan fingerprint density at radius 1 is 1.21 bits per heavy atom. The summed E-state index contributed by atoms with van der Waals surface area (Å²) in [5.74, 6) is -0.510. The third-order valence-corrected chi connectivity index (χ3v) is 3.64. The van der Waals surface area contributed by atoms with Gasteiger partial charge in [0.2, 0.25) is 0 Å². The highest BCUT2D eigenvalue weighted by atomic mass is 16.6. The summed E-state index contributed by atoms with van der Waals surface area (Å²) in [5, 5.41) is 0. The van der Waals surface area contributed by atoms with Crippen LogP contribution in [0.5, 0.6) is 0 Å². The van der Waals surface area contributed by atoms with Gasteiger partial charge >= 0.3 is 5.97 Å². The molecule has 0 radical (unpaired) electrons. The lowest BCUT2D eigenvalue weighted by Gasteiger charge is -2.33. The number of carbonyl (C=O) groups is 2. The molecular formula is C16H18O3. The van der Waals surface area contributed by atoms with Gasteiger partial charge in [0.1, 0.15) is 0 Å². The zero-order valence-electron chi connectivity index (χ0n) is 11.3. The second-order valence-electron chi connectivity index (χ2n) is 5.06. The van der Waals surface area contributed by atoms with Gasteiger partial charge in [0.25, 0.3) is 0 Å². The molecule has 0 bridgehead atoms. The van der Waals surface area contributed by atoms with Crippen LogP contribution in [-0.2, 0) is 9.53 Å². The van der Waals surface area contributed by atoms with E-state index in [1.165, 1.54) is 12.5 Å². The second kappa shape index (κ2) is 5.39. The van der Waals surface area contributed by atoms with E-state index in [9.17, 15) is 9.59 Å². The number of allylic oxidation sites excluding steroid dienone is 1. The number of Topliss-reactive ketones (excluding diaryl/α,β-unsaturated/α-hetero) is 1. The second-order valence-corrected chi connectivity index (χ2v) is 5.06. The molecule has 3 heteroatoms. The minimum Gasteiger partial charge on any atom is -0.447 e. The van der Waals surface area contributed by atoms with Crippen LogP contribution < -0.4 is 0 Å². The van der Waals surface area contributed by atoms with E-state index >= 15 is 0 Å².